The number of ether oxygens (including phenoxy) is 1. The van der Waals surface area contributed by atoms with Crippen molar-refractivity contribution in [2.24, 2.45) is 0 Å². The zero-order valence-electron chi connectivity index (χ0n) is 10.0. The van der Waals surface area contributed by atoms with Crippen molar-refractivity contribution in [3.05, 3.63) is 36.1 Å². The highest BCUT2D eigenvalue weighted by molar-refractivity contribution is 5.87. The molecule has 18 heavy (non-hydrogen) atoms. The van der Waals surface area contributed by atoms with Crippen LogP contribution < -0.4 is 5.32 Å². The van der Waals surface area contributed by atoms with Crippen LogP contribution in [0.2, 0.25) is 0 Å². The molecule has 0 unspecified atom stereocenters. The maximum absolute atomic E-state index is 11.3. The lowest BCUT2D eigenvalue weighted by atomic mass is 10.3. The number of esters is 1. The average molecular weight is 250 g/mol. The molecule has 2 rings (SSSR count). The molecule has 2 aromatic rings. The molecule has 0 aliphatic rings. The lowest BCUT2D eigenvalue weighted by Crippen LogP contribution is -2.07. The fourth-order valence-corrected chi connectivity index (χ4v) is 1.40. The Bertz CT molecular complexity index is 490. The Kier molecular flexibility index (Phi) is 4.01. The number of nitrogens with zero attached hydrogens (tertiary/aromatic N) is 1. The maximum atomic E-state index is 11.3. The third-order valence-electron chi connectivity index (χ3n) is 2.22. The van der Waals surface area contributed by atoms with E-state index in [4.69, 9.17) is 13.6 Å². The summed E-state index contributed by atoms with van der Waals surface area (Å²) >= 11 is 0. The van der Waals surface area contributed by atoms with E-state index in [1.165, 1.54) is 6.26 Å². The molecule has 0 saturated carbocycles. The standard InChI is InChI=1S/C12H14N2O4/c1-2-16-11(15)10-8-18-12(14-10)13-6-5-9-4-3-7-17-9/h3-4,7-8H,2,5-6H2,1H3,(H,13,14). The van der Waals surface area contributed by atoms with Crippen LogP contribution in [-0.4, -0.2) is 24.1 Å². The molecule has 1 N–H and O–H groups in total. The Balaban J connectivity index is 1.81. The molecule has 96 valence electrons. The van der Waals surface area contributed by atoms with Crippen LogP contribution in [0.5, 0.6) is 0 Å². The summed E-state index contributed by atoms with van der Waals surface area (Å²) in [5.74, 6) is 0.389. The number of rotatable bonds is 6. The normalized spacial score (nSPS) is 10.3. The highest BCUT2D eigenvalue weighted by Gasteiger charge is 2.12. The fraction of sp³-hybridized carbons (Fsp3) is 0.333. The highest BCUT2D eigenvalue weighted by Crippen LogP contribution is 2.09. The fourth-order valence-electron chi connectivity index (χ4n) is 1.40. The van der Waals surface area contributed by atoms with Crippen molar-refractivity contribution in [1.82, 2.24) is 4.98 Å². The summed E-state index contributed by atoms with van der Waals surface area (Å²) in [5.41, 5.74) is 0.164. The number of hydrogen-bond acceptors (Lipinski definition) is 6. The van der Waals surface area contributed by atoms with Crippen LogP contribution in [0.15, 0.2) is 33.5 Å². The molecular formula is C12H14N2O4. The van der Waals surface area contributed by atoms with Crippen LogP contribution in [0, 0.1) is 0 Å². The summed E-state index contributed by atoms with van der Waals surface area (Å²) in [6.07, 6.45) is 3.61. The average Bonchev–Trinajstić information content (AvgIpc) is 3.00. The topological polar surface area (TPSA) is 77.5 Å². The Morgan fingerprint density at radius 2 is 2.39 bits per heavy atom. The number of carbonyl (C=O) groups is 1. The summed E-state index contributed by atoms with van der Waals surface area (Å²) in [5, 5.41) is 2.95. The molecule has 0 atom stereocenters. The molecule has 0 spiro atoms. The highest BCUT2D eigenvalue weighted by atomic mass is 16.5. The van der Waals surface area contributed by atoms with Gasteiger partial charge in [0.2, 0.25) is 0 Å². The lowest BCUT2D eigenvalue weighted by Gasteiger charge is -1.98. The Morgan fingerprint density at radius 1 is 1.50 bits per heavy atom. The molecule has 0 amide bonds. The SMILES string of the molecule is CCOC(=O)c1coc(NCCc2ccco2)n1. The van der Waals surface area contributed by atoms with Gasteiger partial charge in [-0.3, -0.25) is 0 Å². The molecule has 0 aliphatic carbocycles. The number of anilines is 1. The van der Waals surface area contributed by atoms with E-state index in [2.05, 4.69) is 10.3 Å². The van der Waals surface area contributed by atoms with Crippen LogP contribution >= 0.6 is 0 Å². The van der Waals surface area contributed by atoms with Crippen molar-refractivity contribution in [1.29, 1.82) is 0 Å². The molecule has 0 aromatic carbocycles. The molecule has 6 nitrogen and oxygen atoms in total. The first kappa shape index (κ1) is 12.2. The summed E-state index contributed by atoms with van der Waals surface area (Å²) in [6, 6.07) is 4.02. The van der Waals surface area contributed by atoms with Gasteiger partial charge in [0.1, 0.15) is 12.0 Å². The third-order valence-corrected chi connectivity index (χ3v) is 2.22. The van der Waals surface area contributed by atoms with Crippen LogP contribution in [-0.2, 0) is 11.2 Å². The van der Waals surface area contributed by atoms with Crippen LogP contribution in [0.3, 0.4) is 0 Å². The molecule has 6 heteroatoms. The van der Waals surface area contributed by atoms with Gasteiger partial charge >= 0.3 is 5.97 Å². The van der Waals surface area contributed by atoms with Crippen molar-refractivity contribution in [2.75, 3.05) is 18.5 Å². The van der Waals surface area contributed by atoms with Crippen LogP contribution in [0.1, 0.15) is 23.2 Å². The van der Waals surface area contributed by atoms with Gasteiger partial charge in [-0.1, -0.05) is 0 Å². The summed E-state index contributed by atoms with van der Waals surface area (Å²) < 4.78 is 15.1. The van der Waals surface area contributed by atoms with Gasteiger partial charge in [-0.05, 0) is 19.1 Å². The molecule has 0 fully saturated rings. The predicted octanol–water partition coefficient (Wildman–Crippen LogP) is 2.10. The maximum Gasteiger partial charge on any atom is 0.360 e. The van der Waals surface area contributed by atoms with E-state index in [0.717, 1.165) is 5.76 Å². The molecule has 0 saturated heterocycles. The van der Waals surface area contributed by atoms with Crippen molar-refractivity contribution in [2.45, 2.75) is 13.3 Å². The van der Waals surface area contributed by atoms with Crippen LogP contribution in [0.25, 0.3) is 0 Å². The first-order valence-corrected chi connectivity index (χ1v) is 5.68. The summed E-state index contributed by atoms with van der Waals surface area (Å²) in [6.45, 7) is 2.66. The van der Waals surface area contributed by atoms with Crippen molar-refractivity contribution in [3.63, 3.8) is 0 Å². The van der Waals surface area contributed by atoms with Gasteiger partial charge in [0, 0.05) is 13.0 Å². The number of nitrogens with one attached hydrogen (secondary N) is 1. The van der Waals surface area contributed by atoms with Gasteiger partial charge in [-0.2, -0.15) is 4.98 Å². The zero-order chi connectivity index (χ0) is 12.8. The quantitative estimate of drug-likeness (QED) is 0.791. The van der Waals surface area contributed by atoms with E-state index in [-0.39, 0.29) is 5.69 Å². The molecule has 0 radical (unpaired) electrons. The van der Waals surface area contributed by atoms with E-state index >= 15 is 0 Å². The summed E-state index contributed by atoms with van der Waals surface area (Å²) in [7, 11) is 0. The van der Waals surface area contributed by atoms with E-state index in [0.29, 0.717) is 25.6 Å². The molecule has 2 heterocycles. The first-order valence-electron chi connectivity index (χ1n) is 5.68. The Labute approximate surface area is 104 Å². The third kappa shape index (κ3) is 3.13. The first-order chi connectivity index (χ1) is 8.79. The number of oxazole rings is 1. The second-order valence-electron chi connectivity index (χ2n) is 3.51. The Hall–Kier alpha value is -2.24. The number of aromatic nitrogens is 1. The van der Waals surface area contributed by atoms with Gasteiger partial charge in [0.25, 0.3) is 6.01 Å². The monoisotopic (exact) mass is 250 g/mol. The Morgan fingerprint density at radius 3 is 3.11 bits per heavy atom. The van der Waals surface area contributed by atoms with Gasteiger partial charge in [0.15, 0.2) is 5.69 Å². The van der Waals surface area contributed by atoms with E-state index < -0.39 is 5.97 Å². The molecule has 0 aliphatic heterocycles. The van der Waals surface area contributed by atoms with Crippen molar-refractivity contribution >= 4 is 12.0 Å². The molecule has 0 bridgehead atoms. The molecular weight excluding hydrogens is 236 g/mol. The van der Waals surface area contributed by atoms with Gasteiger partial charge in [0.05, 0.1) is 12.9 Å². The smallest absolute Gasteiger partial charge is 0.360 e. The predicted molar refractivity (Wildman–Crippen MR) is 63.4 cm³/mol. The number of carbonyl (C=O) groups excluding carboxylic acids is 1. The largest absolute Gasteiger partial charge is 0.469 e. The number of hydrogen-bond donors (Lipinski definition) is 1. The summed E-state index contributed by atoms with van der Waals surface area (Å²) in [4.78, 5) is 15.3. The zero-order valence-corrected chi connectivity index (χ0v) is 10.0. The number of furan rings is 1. The van der Waals surface area contributed by atoms with Gasteiger partial charge in [-0.25, -0.2) is 4.79 Å². The van der Waals surface area contributed by atoms with Crippen LogP contribution in [0.4, 0.5) is 6.01 Å². The van der Waals surface area contributed by atoms with E-state index in [1.807, 2.05) is 12.1 Å². The minimum atomic E-state index is -0.486. The van der Waals surface area contributed by atoms with E-state index in [9.17, 15) is 4.79 Å². The second-order valence-corrected chi connectivity index (χ2v) is 3.51. The van der Waals surface area contributed by atoms with Gasteiger partial charge < -0.3 is 18.9 Å². The van der Waals surface area contributed by atoms with Gasteiger partial charge in [-0.15, -0.1) is 0 Å². The van der Waals surface area contributed by atoms with Crippen molar-refractivity contribution < 1.29 is 18.4 Å². The molecule has 2 aromatic heterocycles. The minimum absolute atomic E-state index is 0.164. The van der Waals surface area contributed by atoms with E-state index in [1.54, 1.807) is 13.2 Å². The van der Waals surface area contributed by atoms with Crippen molar-refractivity contribution in [3.8, 4) is 0 Å². The second kappa shape index (κ2) is 5.90. The lowest BCUT2D eigenvalue weighted by molar-refractivity contribution is 0.0519. The minimum Gasteiger partial charge on any atom is -0.469 e.